The third-order valence-corrected chi connectivity index (χ3v) is 0.939. The molecule has 0 saturated carbocycles. The Labute approximate surface area is 59.0 Å². The second-order valence-corrected chi connectivity index (χ2v) is 1.76. The van der Waals surface area contributed by atoms with Crippen LogP contribution in [0.1, 0.15) is 12.8 Å². The number of hydrogen-bond donors (Lipinski definition) is 0. The molecular weight excluding hydrogens is 138 g/mol. The summed E-state index contributed by atoms with van der Waals surface area (Å²) >= 11 is 0. The van der Waals surface area contributed by atoms with Gasteiger partial charge in [0.15, 0.2) is 0 Å². The molecule has 0 unspecified atom stereocenters. The van der Waals surface area contributed by atoms with Gasteiger partial charge in [0.25, 0.3) is 5.09 Å². The number of unbranched alkanes of at least 4 members (excludes halogenated alkanes) is 1. The molecule has 0 heterocycles. The van der Waals surface area contributed by atoms with Gasteiger partial charge in [0.2, 0.25) is 0 Å². The lowest BCUT2D eigenvalue weighted by atomic mass is 10.3. The number of methoxy groups -OCH3 is 1. The Kier molecular flexibility index (Phi) is 5.75. The van der Waals surface area contributed by atoms with Crippen molar-refractivity contribution in [3.63, 3.8) is 0 Å². The lowest BCUT2D eigenvalue weighted by Gasteiger charge is -1.97. The van der Waals surface area contributed by atoms with Crippen molar-refractivity contribution in [2.24, 2.45) is 0 Å². The summed E-state index contributed by atoms with van der Waals surface area (Å²) in [5.74, 6) is 0. The van der Waals surface area contributed by atoms with Gasteiger partial charge in [-0.3, -0.25) is 0 Å². The van der Waals surface area contributed by atoms with Gasteiger partial charge in [0.1, 0.15) is 0 Å². The van der Waals surface area contributed by atoms with E-state index in [1.54, 1.807) is 7.11 Å². The zero-order chi connectivity index (χ0) is 7.82. The largest absolute Gasteiger partial charge is 0.385 e. The lowest BCUT2D eigenvalue weighted by molar-refractivity contribution is -0.757. The third kappa shape index (κ3) is 7.16. The Morgan fingerprint density at radius 3 is 2.50 bits per heavy atom. The van der Waals surface area contributed by atoms with Crippen molar-refractivity contribution < 1.29 is 14.7 Å². The van der Waals surface area contributed by atoms with E-state index in [4.69, 9.17) is 4.74 Å². The molecule has 0 fully saturated rings. The van der Waals surface area contributed by atoms with E-state index in [1.165, 1.54) is 0 Å². The van der Waals surface area contributed by atoms with Gasteiger partial charge in [0, 0.05) is 13.7 Å². The minimum atomic E-state index is -0.785. The normalized spacial score (nSPS) is 9.30. The standard InChI is InChI=1S/C5H11NO4/c1-9-4-2-3-5-10-6(7)8/h2-5H2,1H3. The topological polar surface area (TPSA) is 61.6 Å². The summed E-state index contributed by atoms with van der Waals surface area (Å²) in [5.41, 5.74) is 0. The van der Waals surface area contributed by atoms with Crippen LogP contribution in [-0.2, 0) is 9.57 Å². The van der Waals surface area contributed by atoms with Crippen LogP contribution >= 0.6 is 0 Å². The molecule has 0 rings (SSSR count). The second-order valence-electron chi connectivity index (χ2n) is 1.76. The minimum absolute atomic E-state index is 0.163. The zero-order valence-corrected chi connectivity index (χ0v) is 5.91. The Balaban J connectivity index is 2.84. The van der Waals surface area contributed by atoms with E-state index < -0.39 is 5.09 Å². The van der Waals surface area contributed by atoms with Gasteiger partial charge in [-0.05, 0) is 12.8 Å². The van der Waals surface area contributed by atoms with Crippen molar-refractivity contribution in [3.8, 4) is 0 Å². The predicted octanol–water partition coefficient (Wildman–Crippen LogP) is 0.621. The molecule has 0 aromatic rings. The van der Waals surface area contributed by atoms with Crippen molar-refractivity contribution in [2.75, 3.05) is 20.3 Å². The first kappa shape index (κ1) is 9.16. The van der Waals surface area contributed by atoms with Crippen LogP contribution in [0.2, 0.25) is 0 Å². The first-order chi connectivity index (χ1) is 4.77. The van der Waals surface area contributed by atoms with Crippen LogP contribution in [0.25, 0.3) is 0 Å². The molecule has 0 bridgehead atoms. The summed E-state index contributed by atoms with van der Waals surface area (Å²) in [6.07, 6.45) is 1.46. The van der Waals surface area contributed by atoms with Crippen LogP contribution in [0.3, 0.4) is 0 Å². The molecule has 0 aliphatic heterocycles. The molecule has 0 aromatic heterocycles. The maximum absolute atomic E-state index is 9.58. The molecular formula is C5H11NO4. The van der Waals surface area contributed by atoms with Gasteiger partial charge < -0.3 is 9.57 Å². The monoisotopic (exact) mass is 149 g/mol. The van der Waals surface area contributed by atoms with Gasteiger partial charge in [-0.15, -0.1) is 10.1 Å². The quantitative estimate of drug-likeness (QED) is 0.315. The van der Waals surface area contributed by atoms with Crippen LogP contribution in [0.4, 0.5) is 0 Å². The van der Waals surface area contributed by atoms with Gasteiger partial charge >= 0.3 is 0 Å². The van der Waals surface area contributed by atoms with Gasteiger partial charge in [0.05, 0.1) is 6.61 Å². The SMILES string of the molecule is COCCCCO[N+](=O)[O-]. The van der Waals surface area contributed by atoms with E-state index in [-0.39, 0.29) is 6.61 Å². The molecule has 0 saturated heterocycles. The zero-order valence-electron chi connectivity index (χ0n) is 5.91. The van der Waals surface area contributed by atoms with Gasteiger partial charge in [-0.1, -0.05) is 0 Å². The molecule has 0 aliphatic rings. The van der Waals surface area contributed by atoms with Gasteiger partial charge in [-0.2, -0.15) is 0 Å². The lowest BCUT2D eigenvalue weighted by Crippen LogP contribution is -2.02. The fourth-order valence-electron chi connectivity index (χ4n) is 0.488. The number of hydrogen-bond acceptors (Lipinski definition) is 4. The van der Waals surface area contributed by atoms with E-state index in [2.05, 4.69) is 4.84 Å². The molecule has 0 spiro atoms. The maximum atomic E-state index is 9.58. The number of rotatable bonds is 6. The van der Waals surface area contributed by atoms with Crippen LogP contribution in [-0.4, -0.2) is 25.4 Å². The maximum Gasteiger partial charge on any atom is 0.294 e. The summed E-state index contributed by atoms with van der Waals surface area (Å²) < 4.78 is 4.72. The van der Waals surface area contributed by atoms with Crippen molar-refractivity contribution in [3.05, 3.63) is 10.1 Å². The predicted molar refractivity (Wildman–Crippen MR) is 34.1 cm³/mol. The number of ether oxygens (including phenoxy) is 1. The van der Waals surface area contributed by atoms with Crippen molar-refractivity contribution >= 4 is 0 Å². The van der Waals surface area contributed by atoms with E-state index in [1.807, 2.05) is 0 Å². The molecule has 0 aliphatic carbocycles. The highest BCUT2D eigenvalue weighted by Gasteiger charge is 1.92. The fraction of sp³-hybridized carbons (Fsp3) is 1.00. The van der Waals surface area contributed by atoms with E-state index >= 15 is 0 Å². The molecule has 60 valence electrons. The van der Waals surface area contributed by atoms with E-state index in [9.17, 15) is 10.1 Å². The Hall–Kier alpha value is -0.840. The summed E-state index contributed by atoms with van der Waals surface area (Å²) in [4.78, 5) is 13.6. The first-order valence-corrected chi connectivity index (χ1v) is 3.03. The molecule has 5 nitrogen and oxygen atoms in total. The Bertz CT molecular complexity index is 95.6. The molecule has 0 aromatic carbocycles. The molecule has 0 N–H and O–H groups in total. The van der Waals surface area contributed by atoms with Crippen LogP contribution in [0.5, 0.6) is 0 Å². The number of nitrogens with zero attached hydrogens (tertiary/aromatic N) is 1. The third-order valence-electron chi connectivity index (χ3n) is 0.939. The van der Waals surface area contributed by atoms with E-state index in [0.29, 0.717) is 13.0 Å². The smallest absolute Gasteiger partial charge is 0.294 e. The summed E-state index contributed by atoms with van der Waals surface area (Å²) in [6, 6.07) is 0. The first-order valence-electron chi connectivity index (χ1n) is 3.03. The average molecular weight is 149 g/mol. The van der Waals surface area contributed by atoms with Crippen LogP contribution in [0.15, 0.2) is 0 Å². The average Bonchev–Trinajstić information content (AvgIpc) is 1.87. The molecule has 0 amide bonds. The molecule has 5 heteroatoms. The molecule has 10 heavy (non-hydrogen) atoms. The van der Waals surface area contributed by atoms with Crippen LogP contribution < -0.4 is 0 Å². The Morgan fingerprint density at radius 2 is 2.00 bits per heavy atom. The summed E-state index contributed by atoms with van der Waals surface area (Å²) in [5, 5.41) is 8.80. The Morgan fingerprint density at radius 1 is 1.40 bits per heavy atom. The highest BCUT2D eigenvalue weighted by Crippen LogP contribution is 1.89. The molecule has 0 atom stereocenters. The highest BCUT2D eigenvalue weighted by molar-refractivity contribution is 4.33. The van der Waals surface area contributed by atoms with Crippen molar-refractivity contribution in [1.29, 1.82) is 0 Å². The highest BCUT2D eigenvalue weighted by atomic mass is 16.9. The van der Waals surface area contributed by atoms with E-state index in [0.717, 1.165) is 6.42 Å². The van der Waals surface area contributed by atoms with Crippen molar-refractivity contribution in [1.82, 2.24) is 0 Å². The molecule has 0 radical (unpaired) electrons. The second kappa shape index (κ2) is 6.28. The fourth-order valence-corrected chi connectivity index (χ4v) is 0.488. The van der Waals surface area contributed by atoms with Crippen LogP contribution in [0, 0.1) is 10.1 Å². The summed E-state index contributed by atoms with van der Waals surface area (Å²) in [6.45, 7) is 0.789. The minimum Gasteiger partial charge on any atom is -0.385 e. The van der Waals surface area contributed by atoms with Gasteiger partial charge in [-0.25, -0.2) is 0 Å². The van der Waals surface area contributed by atoms with Crippen molar-refractivity contribution in [2.45, 2.75) is 12.8 Å². The summed E-state index contributed by atoms with van der Waals surface area (Å²) in [7, 11) is 1.59.